The maximum Gasteiger partial charge on any atom is 0.339 e. The van der Waals surface area contributed by atoms with Crippen LogP contribution in [0.3, 0.4) is 0 Å². The third-order valence-electron chi connectivity index (χ3n) is 5.95. The van der Waals surface area contributed by atoms with Crippen molar-refractivity contribution < 1.29 is 23.8 Å². The maximum atomic E-state index is 12.7. The van der Waals surface area contributed by atoms with E-state index in [4.69, 9.17) is 14.2 Å². The minimum atomic E-state index is -0.575. The topological polar surface area (TPSA) is 61.8 Å². The van der Waals surface area contributed by atoms with E-state index in [-0.39, 0.29) is 17.7 Å². The van der Waals surface area contributed by atoms with E-state index in [0.717, 1.165) is 29.3 Å². The highest BCUT2D eigenvalue weighted by molar-refractivity contribution is 9.10. The molecule has 0 amide bonds. The molecule has 2 aromatic rings. The van der Waals surface area contributed by atoms with Gasteiger partial charge < -0.3 is 14.2 Å². The number of rotatable bonds is 17. The van der Waals surface area contributed by atoms with Crippen LogP contribution in [0.25, 0.3) is 0 Å². The Hall–Kier alpha value is -2.34. The molecule has 0 bridgehead atoms. The molecule has 0 saturated carbocycles. The molecule has 0 aromatic heterocycles. The van der Waals surface area contributed by atoms with Gasteiger partial charge in [-0.3, -0.25) is 0 Å². The van der Waals surface area contributed by atoms with E-state index in [9.17, 15) is 9.59 Å². The minimum Gasteiger partial charge on any atom is -0.496 e. The summed E-state index contributed by atoms with van der Waals surface area (Å²) in [5, 5.41) is 0. The largest absolute Gasteiger partial charge is 0.496 e. The fourth-order valence-corrected chi connectivity index (χ4v) is 4.34. The van der Waals surface area contributed by atoms with Crippen LogP contribution in [0.1, 0.15) is 104 Å². The van der Waals surface area contributed by atoms with Crippen LogP contribution in [-0.2, 0) is 16.1 Å². The lowest BCUT2D eigenvalue weighted by atomic mass is 10.1. The first-order chi connectivity index (χ1) is 17.1. The number of benzene rings is 2. The Kier molecular flexibility index (Phi) is 14.2. The van der Waals surface area contributed by atoms with Crippen LogP contribution in [0.5, 0.6) is 5.75 Å². The molecule has 2 rings (SSSR count). The lowest BCUT2D eigenvalue weighted by Crippen LogP contribution is -2.14. The van der Waals surface area contributed by atoms with Crippen molar-refractivity contribution in [2.24, 2.45) is 0 Å². The van der Waals surface area contributed by atoms with Crippen molar-refractivity contribution in [3.8, 4) is 5.75 Å². The van der Waals surface area contributed by atoms with E-state index < -0.39 is 11.9 Å². The van der Waals surface area contributed by atoms with Gasteiger partial charge in [-0.1, -0.05) is 99.2 Å². The van der Waals surface area contributed by atoms with Gasteiger partial charge in [-0.05, 0) is 36.8 Å². The van der Waals surface area contributed by atoms with Gasteiger partial charge in [0.15, 0.2) is 0 Å². The van der Waals surface area contributed by atoms with Crippen molar-refractivity contribution in [3.63, 3.8) is 0 Å². The molecule has 35 heavy (non-hydrogen) atoms. The first-order valence-electron chi connectivity index (χ1n) is 12.8. The van der Waals surface area contributed by atoms with E-state index in [2.05, 4.69) is 22.9 Å². The van der Waals surface area contributed by atoms with Gasteiger partial charge in [-0.2, -0.15) is 0 Å². The van der Waals surface area contributed by atoms with Gasteiger partial charge in [0.25, 0.3) is 0 Å². The van der Waals surface area contributed by atoms with E-state index in [1.807, 2.05) is 12.1 Å². The summed E-state index contributed by atoms with van der Waals surface area (Å²) in [6.45, 7) is 2.63. The van der Waals surface area contributed by atoms with Crippen molar-refractivity contribution >= 4 is 27.9 Å². The molecule has 0 fully saturated rings. The van der Waals surface area contributed by atoms with Crippen LogP contribution in [0, 0.1) is 0 Å². The molecule has 0 aliphatic rings. The molecule has 2 aromatic carbocycles. The molecule has 0 radical (unpaired) electrons. The van der Waals surface area contributed by atoms with Crippen LogP contribution < -0.4 is 4.74 Å². The molecule has 192 valence electrons. The summed E-state index contributed by atoms with van der Waals surface area (Å²) in [7, 11) is 1.56. The van der Waals surface area contributed by atoms with Crippen LogP contribution in [-0.4, -0.2) is 25.7 Å². The highest BCUT2D eigenvalue weighted by Crippen LogP contribution is 2.24. The molecular formula is C29H39BrO5. The standard InChI is InChI=1S/C29H39BrO5/c1-3-4-5-6-7-8-9-10-11-12-15-20-34-28(31)25-16-13-14-17-26(25)29(32)35-22-23-21-24(30)18-19-27(23)33-2/h13-14,16-19,21H,3-12,15,20,22H2,1-2H3. The number of unbranched alkanes of at least 4 members (excludes halogenated alkanes) is 10. The lowest BCUT2D eigenvalue weighted by molar-refractivity contribution is 0.0434. The van der Waals surface area contributed by atoms with Gasteiger partial charge in [-0.15, -0.1) is 0 Å². The Morgan fingerprint density at radius 3 is 1.86 bits per heavy atom. The summed E-state index contributed by atoms with van der Waals surface area (Å²) in [5.74, 6) is -0.445. The van der Waals surface area contributed by atoms with Gasteiger partial charge >= 0.3 is 11.9 Å². The van der Waals surface area contributed by atoms with Crippen molar-refractivity contribution in [1.29, 1.82) is 0 Å². The molecule has 0 N–H and O–H groups in total. The van der Waals surface area contributed by atoms with Crippen LogP contribution in [0.4, 0.5) is 0 Å². The van der Waals surface area contributed by atoms with Crippen molar-refractivity contribution in [2.75, 3.05) is 13.7 Å². The van der Waals surface area contributed by atoms with E-state index in [1.54, 1.807) is 37.4 Å². The molecule has 0 aliphatic heterocycles. The Morgan fingerprint density at radius 2 is 1.29 bits per heavy atom. The quantitative estimate of drug-likeness (QED) is 0.147. The Balaban J connectivity index is 1.72. The minimum absolute atomic E-state index is 0.0313. The molecular weight excluding hydrogens is 508 g/mol. The van der Waals surface area contributed by atoms with Crippen molar-refractivity contribution in [2.45, 2.75) is 84.2 Å². The normalized spacial score (nSPS) is 10.7. The molecule has 0 atom stereocenters. The Morgan fingerprint density at radius 1 is 0.743 bits per heavy atom. The fourth-order valence-electron chi connectivity index (χ4n) is 3.93. The third kappa shape index (κ3) is 10.9. The third-order valence-corrected chi connectivity index (χ3v) is 6.44. The predicted molar refractivity (Wildman–Crippen MR) is 143 cm³/mol. The van der Waals surface area contributed by atoms with Gasteiger partial charge in [0.2, 0.25) is 0 Å². The Labute approximate surface area is 218 Å². The molecule has 6 heteroatoms. The monoisotopic (exact) mass is 546 g/mol. The molecule has 0 heterocycles. The number of carbonyl (C=O) groups is 2. The second kappa shape index (κ2) is 17.1. The van der Waals surface area contributed by atoms with E-state index in [1.165, 1.54) is 51.4 Å². The van der Waals surface area contributed by atoms with E-state index >= 15 is 0 Å². The molecule has 0 saturated heterocycles. The van der Waals surface area contributed by atoms with E-state index in [0.29, 0.717) is 12.4 Å². The first kappa shape index (κ1) is 28.9. The van der Waals surface area contributed by atoms with Crippen molar-refractivity contribution in [3.05, 3.63) is 63.6 Å². The SMILES string of the molecule is CCCCCCCCCCCCCOC(=O)c1ccccc1C(=O)OCc1cc(Br)ccc1OC. The number of ether oxygens (including phenoxy) is 3. The van der Waals surface area contributed by atoms with Crippen LogP contribution in [0.2, 0.25) is 0 Å². The molecule has 0 unspecified atom stereocenters. The maximum absolute atomic E-state index is 12.7. The summed E-state index contributed by atoms with van der Waals surface area (Å²) in [4.78, 5) is 25.3. The summed E-state index contributed by atoms with van der Waals surface area (Å²) in [6, 6.07) is 12.1. The van der Waals surface area contributed by atoms with Crippen LogP contribution in [0.15, 0.2) is 46.9 Å². The Bertz CT molecular complexity index is 912. The number of carbonyl (C=O) groups excluding carboxylic acids is 2. The first-order valence-corrected chi connectivity index (χ1v) is 13.6. The summed E-state index contributed by atoms with van der Waals surface area (Å²) >= 11 is 3.41. The molecule has 0 spiro atoms. The smallest absolute Gasteiger partial charge is 0.339 e. The average Bonchev–Trinajstić information content (AvgIpc) is 2.87. The van der Waals surface area contributed by atoms with Gasteiger partial charge in [0, 0.05) is 10.0 Å². The number of hydrogen-bond donors (Lipinski definition) is 0. The van der Waals surface area contributed by atoms with Gasteiger partial charge in [0.05, 0.1) is 24.8 Å². The lowest BCUT2D eigenvalue weighted by Gasteiger charge is -2.12. The highest BCUT2D eigenvalue weighted by Gasteiger charge is 2.19. The number of esters is 2. The number of halogens is 1. The number of methoxy groups -OCH3 is 1. The summed E-state index contributed by atoms with van der Waals surface area (Å²) < 4.78 is 17.1. The zero-order valence-corrected chi connectivity index (χ0v) is 22.7. The average molecular weight is 548 g/mol. The highest BCUT2D eigenvalue weighted by atomic mass is 79.9. The van der Waals surface area contributed by atoms with Crippen LogP contribution >= 0.6 is 15.9 Å². The second-order valence-electron chi connectivity index (χ2n) is 8.75. The zero-order chi connectivity index (χ0) is 25.3. The second-order valence-corrected chi connectivity index (χ2v) is 9.67. The number of hydrogen-bond acceptors (Lipinski definition) is 5. The summed E-state index contributed by atoms with van der Waals surface area (Å²) in [6.07, 6.45) is 13.6. The van der Waals surface area contributed by atoms with Crippen molar-refractivity contribution in [1.82, 2.24) is 0 Å². The molecule has 0 aliphatic carbocycles. The summed E-state index contributed by atoms with van der Waals surface area (Å²) in [5.41, 5.74) is 1.15. The molecule has 5 nitrogen and oxygen atoms in total. The van der Waals surface area contributed by atoms with Gasteiger partial charge in [-0.25, -0.2) is 9.59 Å². The zero-order valence-electron chi connectivity index (χ0n) is 21.2. The fraction of sp³-hybridized carbons (Fsp3) is 0.517. The predicted octanol–water partition coefficient (Wildman–Crippen LogP) is 8.28. The van der Waals surface area contributed by atoms with Gasteiger partial charge in [0.1, 0.15) is 12.4 Å².